The van der Waals surface area contributed by atoms with Crippen molar-refractivity contribution in [3.05, 3.63) is 65.2 Å². The molecule has 2 aromatic rings. The number of nitrogens with zero attached hydrogens (tertiary/aromatic N) is 1. The quantitative estimate of drug-likeness (QED) is 0.891. The molecule has 1 fully saturated rings. The smallest absolute Gasteiger partial charge is 0.0991 e. The highest BCUT2D eigenvalue weighted by molar-refractivity contribution is 5.47. The van der Waals surface area contributed by atoms with E-state index in [1.807, 2.05) is 24.3 Å². The van der Waals surface area contributed by atoms with Gasteiger partial charge in [0.15, 0.2) is 0 Å². The van der Waals surface area contributed by atoms with Crippen LogP contribution in [-0.2, 0) is 6.54 Å². The van der Waals surface area contributed by atoms with Crippen LogP contribution in [-0.4, -0.2) is 6.04 Å². The second-order valence-electron chi connectivity index (χ2n) is 5.29. The molecule has 1 saturated carbocycles. The maximum atomic E-state index is 8.88. The van der Waals surface area contributed by atoms with Gasteiger partial charge in [0, 0.05) is 24.2 Å². The van der Waals surface area contributed by atoms with E-state index >= 15 is 0 Å². The highest BCUT2D eigenvalue weighted by atomic mass is 14.9. The third kappa shape index (κ3) is 2.81. The lowest BCUT2D eigenvalue weighted by molar-refractivity contribution is 0.990. The van der Waals surface area contributed by atoms with Crippen molar-refractivity contribution in [2.45, 2.75) is 24.9 Å². The van der Waals surface area contributed by atoms with Crippen LogP contribution in [0.1, 0.15) is 29.0 Å². The fraction of sp³-hybridized carbons (Fsp3) is 0.235. The molecule has 3 rings (SSSR count). The monoisotopic (exact) mass is 263 g/mol. The van der Waals surface area contributed by atoms with Crippen molar-refractivity contribution < 1.29 is 0 Å². The first kappa shape index (κ1) is 12.7. The molecule has 0 saturated heterocycles. The summed E-state index contributed by atoms with van der Waals surface area (Å²) in [5, 5.41) is 12.2. The lowest BCUT2D eigenvalue weighted by Crippen LogP contribution is -2.02. The Morgan fingerprint density at radius 3 is 2.60 bits per heavy atom. The van der Waals surface area contributed by atoms with Crippen molar-refractivity contribution in [1.29, 1.82) is 5.26 Å². The Morgan fingerprint density at radius 2 is 1.95 bits per heavy atom. The SMILES string of the molecule is N#Cc1cccc(CNc2ccc([C@H]3C[C@@H]3N)cc2)c1. The number of hydrogen-bond donors (Lipinski definition) is 2. The van der Waals surface area contributed by atoms with E-state index in [1.54, 1.807) is 0 Å². The van der Waals surface area contributed by atoms with E-state index in [2.05, 4.69) is 35.7 Å². The van der Waals surface area contributed by atoms with Gasteiger partial charge in [-0.2, -0.15) is 5.26 Å². The third-order valence-corrected chi connectivity index (χ3v) is 3.73. The molecule has 0 bridgehead atoms. The fourth-order valence-electron chi connectivity index (χ4n) is 2.40. The van der Waals surface area contributed by atoms with E-state index in [0.29, 0.717) is 17.5 Å². The van der Waals surface area contributed by atoms with Crippen molar-refractivity contribution in [2.75, 3.05) is 5.32 Å². The van der Waals surface area contributed by atoms with Crippen molar-refractivity contribution in [3.63, 3.8) is 0 Å². The van der Waals surface area contributed by atoms with Gasteiger partial charge in [-0.25, -0.2) is 0 Å². The van der Waals surface area contributed by atoms with E-state index in [1.165, 1.54) is 5.56 Å². The maximum absolute atomic E-state index is 8.88. The Labute approximate surface area is 119 Å². The van der Waals surface area contributed by atoms with Crippen molar-refractivity contribution in [1.82, 2.24) is 0 Å². The minimum Gasteiger partial charge on any atom is -0.381 e. The zero-order valence-electron chi connectivity index (χ0n) is 11.2. The Hall–Kier alpha value is -2.31. The number of anilines is 1. The molecule has 1 aliphatic carbocycles. The summed E-state index contributed by atoms with van der Waals surface area (Å²) in [4.78, 5) is 0. The van der Waals surface area contributed by atoms with Crippen LogP contribution in [0.5, 0.6) is 0 Å². The molecule has 0 amide bonds. The van der Waals surface area contributed by atoms with Crippen molar-refractivity contribution in [3.8, 4) is 6.07 Å². The fourth-order valence-corrected chi connectivity index (χ4v) is 2.40. The summed E-state index contributed by atoms with van der Waals surface area (Å²) >= 11 is 0. The normalized spacial score (nSPS) is 20.2. The van der Waals surface area contributed by atoms with Crippen molar-refractivity contribution >= 4 is 5.69 Å². The van der Waals surface area contributed by atoms with Crippen LogP contribution in [0.2, 0.25) is 0 Å². The zero-order chi connectivity index (χ0) is 13.9. The standard InChI is InChI=1S/C17H17N3/c18-10-12-2-1-3-13(8-12)11-20-15-6-4-14(5-7-15)16-9-17(16)19/h1-8,16-17,20H,9,11,19H2/t16-,17+/m1/s1. The van der Waals surface area contributed by atoms with Gasteiger partial charge >= 0.3 is 0 Å². The van der Waals surface area contributed by atoms with Gasteiger partial charge in [0.05, 0.1) is 11.6 Å². The highest BCUT2D eigenvalue weighted by Gasteiger charge is 2.34. The van der Waals surface area contributed by atoms with E-state index in [-0.39, 0.29) is 0 Å². The lowest BCUT2D eigenvalue weighted by Gasteiger charge is -2.08. The molecule has 3 nitrogen and oxygen atoms in total. The summed E-state index contributed by atoms with van der Waals surface area (Å²) in [5.41, 5.74) is 10.1. The van der Waals surface area contributed by atoms with Gasteiger partial charge in [0.1, 0.15) is 0 Å². The molecular formula is C17H17N3. The van der Waals surface area contributed by atoms with Crippen LogP contribution in [0.3, 0.4) is 0 Å². The first-order valence-corrected chi connectivity index (χ1v) is 6.85. The molecule has 0 radical (unpaired) electrons. The molecule has 2 aromatic carbocycles. The second kappa shape index (κ2) is 5.36. The Kier molecular flexibility index (Phi) is 3.41. The number of nitrogens with two attached hydrogens (primary N) is 1. The molecule has 3 N–H and O–H groups in total. The number of benzene rings is 2. The van der Waals surface area contributed by atoms with Gasteiger partial charge in [0.25, 0.3) is 0 Å². The summed E-state index contributed by atoms with van der Waals surface area (Å²) in [7, 11) is 0. The molecular weight excluding hydrogens is 246 g/mol. The molecule has 0 heterocycles. The molecule has 0 aromatic heterocycles. The summed E-state index contributed by atoms with van der Waals surface area (Å²) in [6.45, 7) is 0.720. The van der Waals surface area contributed by atoms with E-state index in [0.717, 1.165) is 24.2 Å². The predicted molar refractivity (Wildman–Crippen MR) is 80.3 cm³/mol. The molecule has 0 spiro atoms. The van der Waals surface area contributed by atoms with Crippen LogP contribution in [0.4, 0.5) is 5.69 Å². The molecule has 1 aliphatic rings. The minimum atomic E-state index is 0.350. The summed E-state index contributed by atoms with van der Waals surface area (Å²) in [6.07, 6.45) is 1.10. The lowest BCUT2D eigenvalue weighted by atomic mass is 10.1. The topological polar surface area (TPSA) is 61.8 Å². The third-order valence-electron chi connectivity index (χ3n) is 3.73. The van der Waals surface area contributed by atoms with Gasteiger partial charge in [-0.3, -0.25) is 0 Å². The maximum Gasteiger partial charge on any atom is 0.0991 e. The molecule has 3 heteroatoms. The average Bonchev–Trinajstić information content (AvgIpc) is 3.23. The van der Waals surface area contributed by atoms with Gasteiger partial charge in [-0.1, -0.05) is 24.3 Å². The molecule has 0 unspecified atom stereocenters. The summed E-state index contributed by atoms with van der Waals surface area (Å²) in [6, 6.07) is 18.6. The Balaban J connectivity index is 1.62. The van der Waals surface area contributed by atoms with Crippen LogP contribution >= 0.6 is 0 Å². The Bertz CT molecular complexity index is 640. The second-order valence-corrected chi connectivity index (χ2v) is 5.29. The van der Waals surface area contributed by atoms with E-state index in [9.17, 15) is 0 Å². The summed E-state index contributed by atoms with van der Waals surface area (Å²) in [5.74, 6) is 0.552. The number of hydrogen-bond acceptors (Lipinski definition) is 3. The zero-order valence-corrected chi connectivity index (χ0v) is 11.2. The molecule has 2 atom stereocenters. The van der Waals surface area contributed by atoms with Crippen LogP contribution in [0.15, 0.2) is 48.5 Å². The van der Waals surface area contributed by atoms with E-state index in [4.69, 9.17) is 11.0 Å². The Morgan fingerprint density at radius 1 is 1.20 bits per heavy atom. The molecule has 0 aliphatic heterocycles. The number of nitrogens with one attached hydrogen (secondary N) is 1. The number of nitriles is 1. The molecule has 20 heavy (non-hydrogen) atoms. The highest BCUT2D eigenvalue weighted by Crippen LogP contribution is 2.39. The van der Waals surface area contributed by atoms with Gasteiger partial charge in [-0.05, 0) is 41.8 Å². The summed E-state index contributed by atoms with van der Waals surface area (Å²) < 4.78 is 0. The largest absolute Gasteiger partial charge is 0.381 e. The van der Waals surface area contributed by atoms with Gasteiger partial charge in [-0.15, -0.1) is 0 Å². The van der Waals surface area contributed by atoms with Gasteiger partial charge < -0.3 is 11.1 Å². The molecule has 100 valence electrons. The number of rotatable bonds is 4. The van der Waals surface area contributed by atoms with Crippen LogP contribution in [0.25, 0.3) is 0 Å². The van der Waals surface area contributed by atoms with E-state index < -0.39 is 0 Å². The first-order valence-electron chi connectivity index (χ1n) is 6.85. The van der Waals surface area contributed by atoms with Crippen molar-refractivity contribution in [2.24, 2.45) is 5.73 Å². The predicted octanol–water partition coefficient (Wildman–Crippen LogP) is 2.98. The van der Waals surface area contributed by atoms with Crippen LogP contribution in [0, 0.1) is 11.3 Å². The minimum absolute atomic E-state index is 0.350. The van der Waals surface area contributed by atoms with Crippen LogP contribution < -0.4 is 11.1 Å². The van der Waals surface area contributed by atoms with Gasteiger partial charge in [0.2, 0.25) is 0 Å². The average molecular weight is 263 g/mol. The first-order chi connectivity index (χ1) is 9.76.